The number of anilines is 1. The summed E-state index contributed by atoms with van der Waals surface area (Å²) in [5, 5.41) is 3.43. The number of para-hydroxylation sites is 1. The first-order valence-electron chi connectivity index (χ1n) is 8.59. The third-order valence-electron chi connectivity index (χ3n) is 3.90. The Balaban J connectivity index is 1.61. The van der Waals surface area contributed by atoms with Crippen LogP contribution in [-0.2, 0) is 4.79 Å². The molecule has 0 saturated heterocycles. The summed E-state index contributed by atoms with van der Waals surface area (Å²) in [5.74, 6) is 0.361. The van der Waals surface area contributed by atoms with Gasteiger partial charge in [-0.3, -0.25) is 9.79 Å². The van der Waals surface area contributed by atoms with Gasteiger partial charge in [-0.15, -0.1) is 0 Å². The number of aryl methyl sites for hydroxylation is 1. The Morgan fingerprint density at radius 3 is 2.68 bits per heavy atom. The van der Waals surface area contributed by atoms with Gasteiger partial charge in [0.1, 0.15) is 5.75 Å². The monoisotopic (exact) mass is 456 g/mol. The Morgan fingerprint density at radius 1 is 1.14 bits per heavy atom. The summed E-state index contributed by atoms with van der Waals surface area (Å²) in [4.78, 5) is 16.5. The second kappa shape index (κ2) is 9.53. The Morgan fingerprint density at radius 2 is 1.93 bits per heavy atom. The molecule has 1 N–H and O–H groups in total. The molecule has 3 rings (SSSR count). The number of aliphatic imine (C=N–C) groups is 1. The Bertz CT molecular complexity index is 1010. The fourth-order valence-electron chi connectivity index (χ4n) is 2.44. The van der Waals surface area contributed by atoms with Crippen LogP contribution in [0.4, 0.5) is 11.4 Å². The van der Waals surface area contributed by atoms with Crippen LogP contribution in [0.2, 0.25) is 5.02 Å². The fraction of sp³-hybridized carbons (Fsp3) is 0.0909. The van der Waals surface area contributed by atoms with Gasteiger partial charge in [-0.05, 0) is 76.4 Å². The Labute approximate surface area is 177 Å². The number of nitrogens with zero attached hydrogens (tertiary/aromatic N) is 1. The van der Waals surface area contributed by atoms with Crippen molar-refractivity contribution in [2.45, 2.75) is 6.92 Å². The highest BCUT2D eigenvalue weighted by Crippen LogP contribution is 2.27. The molecule has 0 radical (unpaired) electrons. The summed E-state index contributed by atoms with van der Waals surface area (Å²) in [6.45, 7) is 1.90. The number of hydrogen-bond acceptors (Lipinski definition) is 3. The lowest BCUT2D eigenvalue weighted by atomic mass is 10.2. The lowest BCUT2D eigenvalue weighted by molar-refractivity contribution is -0.118. The van der Waals surface area contributed by atoms with E-state index in [9.17, 15) is 4.79 Å². The predicted molar refractivity (Wildman–Crippen MR) is 118 cm³/mol. The number of halogens is 2. The molecule has 0 aliphatic heterocycles. The highest BCUT2D eigenvalue weighted by Gasteiger charge is 2.07. The topological polar surface area (TPSA) is 50.7 Å². The van der Waals surface area contributed by atoms with Crippen molar-refractivity contribution in [3.63, 3.8) is 0 Å². The quantitative estimate of drug-likeness (QED) is 0.449. The van der Waals surface area contributed by atoms with Crippen molar-refractivity contribution in [1.82, 2.24) is 0 Å². The molecular weight excluding hydrogens is 440 g/mol. The second-order valence-electron chi connectivity index (χ2n) is 6.08. The first kappa shape index (κ1) is 20.1. The molecule has 142 valence electrons. The van der Waals surface area contributed by atoms with E-state index >= 15 is 0 Å². The molecule has 0 aliphatic carbocycles. The number of ether oxygens (including phenoxy) is 1. The molecule has 4 nitrogen and oxygen atoms in total. The molecule has 3 aromatic carbocycles. The smallest absolute Gasteiger partial charge is 0.262 e. The van der Waals surface area contributed by atoms with Gasteiger partial charge >= 0.3 is 0 Å². The number of carbonyl (C=O) groups is 1. The van der Waals surface area contributed by atoms with E-state index in [2.05, 4.69) is 26.2 Å². The molecule has 3 aromatic rings. The standard InChI is InChI=1S/C22H18BrClN2O2/c1-15-7-9-17(24)12-20(15)25-13-16-8-10-21(19(23)11-16)28-14-22(27)26-18-5-3-2-4-6-18/h2-13H,14H2,1H3,(H,26,27). The average Bonchev–Trinajstić information content (AvgIpc) is 2.68. The van der Waals surface area contributed by atoms with E-state index in [1.165, 1.54) is 0 Å². The van der Waals surface area contributed by atoms with E-state index in [1.54, 1.807) is 12.3 Å². The molecule has 0 atom stereocenters. The van der Waals surface area contributed by atoms with Crippen LogP contribution >= 0.6 is 27.5 Å². The van der Waals surface area contributed by atoms with Crippen LogP contribution in [0.25, 0.3) is 0 Å². The number of nitrogens with one attached hydrogen (secondary N) is 1. The van der Waals surface area contributed by atoms with Crippen molar-refractivity contribution in [2.75, 3.05) is 11.9 Å². The first-order chi connectivity index (χ1) is 13.5. The molecule has 6 heteroatoms. The summed E-state index contributed by atoms with van der Waals surface area (Å²) in [5.41, 5.74) is 3.50. The van der Waals surface area contributed by atoms with Crippen molar-refractivity contribution in [3.8, 4) is 5.75 Å². The zero-order valence-electron chi connectivity index (χ0n) is 15.2. The van der Waals surface area contributed by atoms with Crippen molar-refractivity contribution in [1.29, 1.82) is 0 Å². The van der Waals surface area contributed by atoms with E-state index in [0.29, 0.717) is 10.8 Å². The molecule has 0 spiro atoms. The van der Waals surface area contributed by atoms with Crippen molar-refractivity contribution >= 4 is 51.0 Å². The lowest BCUT2D eigenvalue weighted by Gasteiger charge is -2.09. The van der Waals surface area contributed by atoms with Crippen LogP contribution in [-0.4, -0.2) is 18.7 Å². The van der Waals surface area contributed by atoms with Gasteiger partial charge in [-0.25, -0.2) is 0 Å². The number of benzene rings is 3. The molecule has 1 amide bonds. The van der Waals surface area contributed by atoms with Gasteiger partial charge in [0.2, 0.25) is 0 Å². The second-order valence-corrected chi connectivity index (χ2v) is 7.37. The molecular formula is C22H18BrClN2O2. The van der Waals surface area contributed by atoms with Gasteiger partial charge in [0.25, 0.3) is 5.91 Å². The zero-order chi connectivity index (χ0) is 19.9. The van der Waals surface area contributed by atoms with Crippen LogP contribution < -0.4 is 10.1 Å². The van der Waals surface area contributed by atoms with E-state index < -0.39 is 0 Å². The van der Waals surface area contributed by atoms with Gasteiger partial charge in [-0.1, -0.05) is 35.9 Å². The maximum Gasteiger partial charge on any atom is 0.262 e. The average molecular weight is 458 g/mol. The Kier molecular flexibility index (Phi) is 6.85. The minimum absolute atomic E-state index is 0.0807. The van der Waals surface area contributed by atoms with Gasteiger partial charge in [-0.2, -0.15) is 0 Å². The molecule has 0 bridgehead atoms. The Hall–Kier alpha value is -2.63. The highest BCUT2D eigenvalue weighted by atomic mass is 79.9. The highest BCUT2D eigenvalue weighted by molar-refractivity contribution is 9.10. The van der Waals surface area contributed by atoms with Crippen molar-refractivity contribution < 1.29 is 9.53 Å². The third kappa shape index (κ3) is 5.68. The molecule has 28 heavy (non-hydrogen) atoms. The summed E-state index contributed by atoms with van der Waals surface area (Å²) < 4.78 is 6.34. The van der Waals surface area contributed by atoms with Gasteiger partial charge in [0, 0.05) is 16.9 Å². The lowest BCUT2D eigenvalue weighted by Crippen LogP contribution is -2.20. The van der Waals surface area contributed by atoms with Gasteiger partial charge in [0.15, 0.2) is 6.61 Å². The van der Waals surface area contributed by atoms with Crippen LogP contribution in [0.3, 0.4) is 0 Å². The zero-order valence-corrected chi connectivity index (χ0v) is 17.5. The minimum Gasteiger partial charge on any atom is -0.483 e. The van der Waals surface area contributed by atoms with Gasteiger partial charge < -0.3 is 10.1 Å². The number of hydrogen-bond donors (Lipinski definition) is 1. The van der Waals surface area contributed by atoms with Crippen LogP contribution in [0.15, 0.2) is 76.2 Å². The molecule has 0 fully saturated rings. The number of rotatable bonds is 6. The molecule has 0 aromatic heterocycles. The van der Waals surface area contributed by atoms with E-state index in [0.717, 1.165) is 27.0 Å². The maximum absolute atomic E-state index is 12.0. The molecule has 0 heterocycles. The van der Waals surface area contributed by atoms with Crippen molar-refractivity contribution in [3.05, 3.63) is 87.4 Å². The van der Waals surface area contributed by atoms with E-state index in [4.69, 9.17) is 16.3 Å². The molecule has 0 saturated carbocycles. The first-order valence-corrected chi connectivity index (χ1v) is 9.76. The van der Waals surface area contributed by atoms with E-state index in [-0.39, 0.29) is 12.5 Å². The van der Waals surface area contributed by atoms with Crippen LogP contribution in [0.5, 0.6) is 5.75 Å². The van der Waals surface area contributed by atoms with Crippen LogP contribution in [0.1, 0.15) is 11.1 Å². The van der Waals surface area contributed by atoms with Crippen LogP contribution in [0, 0.1) is 6.92 Å². The fourth-order valence-corrected chi connectivity index (χ4v) is 3.12. The largest absolute Gasteiger partial charge is 0.483 e. The van der Waals surface area contributed by atoms with Crippen molar-refractivity contribution in [2.24, 2.45) is 4.99 Å². The summed E-state index contributed by atoms with van der Waals surface area (Å²) in [7, 11) is 0. The SMILES string of the molecule is Cc1ccc(Cl)cc1N=Cc1ccc(OCC(=O)Nc2ccccc2)c(Br)c1. The number of carbonyl (C=O) groups excluding carboxylic acids is 1. The summed E-state index contributed by atoms with van der Waals surface area (Å²) in [6, 6.07) is 20.4. The van der Waals surface area contributed by atoms with E-state index in [1.807, 2.05) is 67.6 Å². The minimum atomic E-state index is -0.222. The van der Waals surface area contributed by atoms with Gasteiger partial charge in [0.05, 0.1) is 10.2 Å². The number of amides is 1. The normalized spacial score (nSPS) is 10.8. The maximum atomic E-state index is 12.0. The molecule has 0 aliphatic rings. The predicted octanol–water partition coefficient (Wildman–Crippen LogP) is 6.18. The molecule has 0 unspecified atom stereocenters. The summed E-state index contributed by atoms with van der Waals surface area (Å²) in [6.07, 6.45) is 1.76. The summed E-state index contributed by atoms with van der Waals surface area (Å²) >= 11 is 9.50. The third-order valence-corrected chi connectivity index (χ3v) is 4.75.